The number of anilines is 1. The number of aromatic nitrogens is 3. The number of nitrogens with zero attached hydrogens (tertiary/aromatic N) is 3. The molecule has 0 saturated heterocycles. The van der Waals surface area contributed by atoms with Crippen molar-refractivity contribution in [3.63, 3.8) is 0 Å². The molecular formula is C22H18Br2N4. The quantitative estimate of drug-likeness (QED) is 0.449. The van der Waals surface area contributed by atoms with Crippen molar-refractivity contribution in [3.05, 3.63) is 91.8 Å². The average molecular weight is 498 g/mol. The second-order valence-electron chi connectivity index (χ2n) is 7.08. The molecule has 1 aliphatic heterocycles. The first-order valence-corrected chi connectivity index (χ1v) is 10.9. The van der Waals surface area contributed by atoms with E-state index in [1.165, 1.54) is 28.0 Å². The molecule has 140 valence electrons. The standard InChI is InChI=1S/C22H18Br2N4/c23-17-8-4-14(5-9-17)12-16-2-1-3-19-20(16)27-22-25-13-26-28(22)21(19)15-6-10-18(24)11-7-15/h4-13,21H,1-3H2,(H,25,26,27). The normalized spacial score (nSPS) is 19.9. The molecule has 1 aromatic heterocycles. The topological polar surface area (TPSA) is 42.7 Å². The molecule has 0 radical (unpaired) electrons. The largest absolute Gasteiger partial charge is 0.324 e. The molecule has 0 bridgehead atoms. The number of hydrogen-bond acceptors (Lipinski definition) is 3. The first kappa shape index (κ1) is 17.9. The van der Waals surface area contributed by atoms with Crippen LogP contribution in [0.25, 0.3) is 6.08 Å². The Kier molecular flexibility index (Phi) is 4.69. The SMILES string of the molecule is Brc1ccc(C=C2CCCC3=C2Nc2ncnn2C3c2ccc(Br)cc2)cc1. The van der Waals surface area contributed by atoms with Gasteiger partial charge in [0.05, 0.1) is 0 Å². The maximum Gasteiger partial charge on any atom is 0.226 e. The van der Waals surface area contributed by atoms with E-state index in [1.807, 2.05) is 4.68 Å². The van der Waals surface area contributed by atoms with E-state index in [0.717, 1.165) is 34.2 Å². The van der Waals surface area contributed by atoms with Crippen LogP contribution in [0.5, 0.6) is 0 Å². The predicted octanol–water partition coefficient (Wildman–Crippen LogP) is 6.34. The van der Waals surface area contributed by atoms with Gasteiger partial charge in [0.15, 0.2) is 0 Å². The number of benzene rings is 2. The van der Waals surface area contributed by atoms with Crippen molar-refractivity contribution in [1.82, 2.24) is 14.8 Å². The number of allylic oxidation sites excluding steroid dienone is 2. The molecular weight excluding hydrogens is 480 g/mol. The van der Waals surface area contributed by atoms with Gasteiger partial charge in [-0.2, -0.15) is 10.1 Å². The second-order valence-corrected chi connectivity index (χ2v) is 8.91. The highest BCUT2D eigenvalue weighted by Gasteiger charge is 2.33. The van der Waals surface area contributed by atoms with E-state index in [-0.39, 0.29) is 6.04 Å². The van der Waals surface area contributed by atoms with Crippen LogP contribution in [0.1, 0.15) is 36.4 Å². The lowest BCUT2D eigenvalue weighted by molar-refractivity contribution is 0.538. The summed E-state index contributed by atoms with van der Waals surface area (Å²) in [4.78, 5) is 4.46. The third kappa shape index (κ3) is 3.25. The van der Waals surface area contributed by atoms with Crippen molar-refractivity contribution in [3.8, 4) is 0 Å². The molecule has 5 rings (SSSR count). The summed E-state index contributed by atoms with van der Waals surface area (Å²) in [5, 5.41) is 8.07. The zero-order valence-electron chi connectivity index (χ0n) is 15.1. The fourth-order valence-corrected chi connectivity index (χ4v) is 4.57. The van der Waals surface area contributed by atoms with Gasteiger partial charge >= 0.3 is 0 Å². The summed E-state index contributed by atoms with van der Waals surface area (Å²) in [5.41, 5.74) is 6.37. The van der Waals surface area contributed by atoms with Crippen molar-refractivity contribution in [2.45, 2.75) is 25.3 Å². The van der Waals surface area contributed by atoms with Gasteiger partial charge in [0.25, 0.3) is 0 Å². The maximum absolute atomic E-state index is 4.52. The Morgan fingerprint density at radius 3 is 2.43 bits per heavy atom. The summed E-state index contributed by atoms with van der Waals surface area (Å²) in [6.07, 6.45) is 7.17. The Morgan fingerprint density at radius 1 is 0.964 bits per heavy atom. The molecule has 3 aromatic rings. The van der Waals surface area contributed by atoms with Gasteiger partial charge in [0, 0.05) is 14.6 Å². The van der Waals surface area contributed by atoms with Gasteiger partial charge in [0.2, 0.25) is 5.95 Å². The van der Waals surface area contributed by atoms with Crippen molar-refractivity contribution in [2.75, 3.05) is 5.32 Å². The van der Waals surface area contributed by atoms with Crippen molar-refractivity contribution in [2.24, 2.45) is 0 Å². The Bertz CT molecular complexity index is 1080. The van der Waals surface area contributed by atoms with E-state index in [4.69, 9.17) is 0 Å². The van der Waals surface area contributed by atoms with Crippen molar-refractivity contribution < 1.29 is 0 Å². The second kappa shape index (κ2) is 7.33. The summed E-state index contributed by atoms with van der Waals surface area (Å²) in [7, 11) is 0. The van der Waals surface area contributed by atoms with Crippen LogP contribution in [-0.4, -0.2) is 14.8 Å². The number of halogens is 2. The van der Waals surface area contributed by atoms with Crippen molar-refractivity contribution >= 4 is 43.9 Å². The van der Waals surface area contributed by atoms with Gasteiger partial charge < -0.3 is 5.32 Å². The monoisotopic (exact) mass is 496 g/mol. The summed E-state index contributed by atoms with van der Waals surface area (Å²) in [6, 6.07) is 17.1. The van der Waals surface area contributed by atoms with Gasteiger partial charge in [-0.1, -0.05) is 56.1 Å². The van der Waals surface area contributed by atoms with E-state index in [2.05, 4.69) is 102 Å². The summed E-state index contributed by atoms with van der Waals surface area (Å²) < 4.78 is 4.18. The Morgan fingerprint density at radius 2 is 1.68 bits per heavy atom. The van der Waals surface area contributed by atoms with E-state index in [0.29, 0.717) is 0 Å². The van der Waals surface area contributed by atoms with Crippen LogP contribution in [-0.2, 0) is 0 Å². The molecule has 0 fully saturated rings. The number of hydrogen-bond donors (Lipinski definition) is 1. The molecule has 2 aromatic carbocycles. The van der Waals surface area contributed by atoms with Gasteiger partial charge in [0.1, 0.15) is 12.4 Å². The number of fused-ring (bicyclic) bond motifs is 1. The van der Waals surface area contributed by atoms with Gasteiger partial charge in [-0.15, -0.1) is 0 Å². The lowest BCUT2D eigenvalue weighted by Gasteiger charge is -2.34. The highest BCUT2D eigenvalue weighted by atomic mass is 79.9. The Labute approximate surface area is 180 Å². The fourth-order valence-electron chi connectivity index (χ4n) is 4.04. The Hall–Kier alpha value is -2.18. The molecule has 1 unspecified atom stereocenters. The molecule has 4 nitrogen and oxygen atoms in total. The van der Waals surface area contributed by atoms with E-state index in [9.17, 15) is 0 Å². The van der Waals surface area contributed by atoms with Crippen LogP contribution in [0.2, 0.25) is 0 Å². The first-order chi connectivity index (χ1) is 13.7. The van der Waals surface area contributed by atoms with Crippen LogP contribution in [0.4, 0.5) is 5.95 Å². The van der Waals surface area contributed by atoms with Crippen LogP contribution in [0.3, 0.4) is 0 Å². The van der Waals surface area contributed by atoms with Crippen LogP contribution in [0.15, 0.2) is 80.6 Å². The van der Waals surface area contributed by atoms with Gasteiger partial charge in [-0.25, -0.2) is 4.68 Å². The van der Waals surface area contributed by atoms with E-state index >= 15 is 0 Å². The van der Waals surface area contributed by atoms with Crippen LogP contribution >= 0.6 is 31.9 Å². The maximum atomic E-state index is 4.52. The lowest BCUT2D eigenvalue weighted by Crippen LogP contribution is -2.28. The summed E-state index contributed by atoms with van der Waals surface area (Å²) in [5.74, 6) is 0.801. The van der Waals surface area contributed by atoms with Gasteiger partial charge in [-0.3, -0.25) is 0 Å². The van der Waals surface area contributed by atoms with Crippen molar-refractivity contribution in [1.29, 1.82) is 0 Å². The minimum absolute atomic E-state index is 0.0791. The molecule has 0 saturated carbocycles. The predicted molar refractivity (Wildman–Crippen MR) is 119 cm³/mol. The van der Waals surface area contributed by atoms with Crippen LogP contribution < -0.4 is 5.32 Å². The highest BCUT2D eigenvalue weighted by Crippen LogP contribution is 2.43. The van der Waals surface area contributed by atoms with E-state index in [1.54, 1.807) is 6.33 Å². The minimum atomic E-state index is 0.0791. The molecule has 2 heterocycles. The smallest absolute Gasteiger partial charge is 0.226 e. The molecule has 1 aliphatic carbocycles. The summed E-state index contributed by atoms with van der Waals surface area (Å²) in [6.45, 7) is 0. The molecule has 2 aliphatic rings. The zero-order chi connectivity index (χ0) is 19.1. The molecule has 0 spiro atoms. The molecule has 1 atom stereocenters. The lowest BCUT2D eigenvalue weighted by atomic mass is 9.83. The first-order valence-electron chi connectivity index (χ1n) is 9.30. The third-order valence-corrected chi connectivity index (χ3v) is 6.37. The molecule has 28 heavy (non-hydrogen) atoms. The van der Waals surface area contributed by atoms with Gasteiger partial charge in [-0.05, 0) is 71.9 Å². The molecule has 1 N–H and O–H groups in total. The zero-order valence-corrected chi connectivity index (χ0v) is 18.2. The minimum Gasteiger partial charge on any atom is -0.324 e. The average Bonchev–Trinajstić information content (AvgIpc) is 3.17. The fraction of sp³-hybridized carbons (Fsp3) is 0.182. The number of rotatable bonds is 2. The third-order valence-electron chi connectivity index (χ3n) is 5.32. The molecule has 6 heteroatoms. The molecule has 0 amide bonds. The van der Waals surface area contributed by atoms with E-state index < -0.39 is 0 Å². The van der Waals surface area contributed by atoms with Crippen LogP contribution in [0, 0.1) is 0 Å². The number of nitrogens with one attached hydrogen (secondary N) is 1. The Balaban J connectivity index is 1.63. The highest BCUT2D eigenvalue weighted by molar-refractivity contribution is 9.10. The summed E-state index contributed by atoms with van der Waals surface area (Å²) >= 11 is 7.06.